The molecule has 1 atom stereocenters. The zero-order chi connectivity index (χ0) is 22.2. The van der Waals surface area contributed by atoms with E-state index in [1.54, 1.807) is 4.90 Å². The zero-order valence-electron chi connectivity index (χ0n) is 18.3. The maximum absolute atomic E-state index is 12.9. The minimum atomic E-state index is -0.583. The highest BCUT2D eigenvalue weighted by molar-refractivity contribution is 6.05. The predicted octanol–water partition coefficient (Wildman–Crippen LogP) is 1.15. The summed E-state index contributed by atoms with van der Waals surface area (Å²) in [6.07, 6.45) is 4.36. The number of carbonyl (C=O) groups excluding carboxylic acids is 4. The van der Waals surface area contributed by atoms with E-state index in [1.165, 1.54) is 5.56 Å². The van der Waals surface area contributed by atoms with Crippen molar-refractivity contribution in [2.45, 2.75) is 57.0 Å². The fraction of sp³-hybridized carbons (Fsp3) is 0.583. The first kappa shape index (κ1) is 21.1. The van der Waals surface area contributed by atoms with Crippen LogP contribution in [-0.4, -0.2) is 65.6 Å². The van der Waals surface area contributed by atoms with E-state index < -0.39 is 6.04 Å². The molecule has 4 amide bonds. The molecule has 3 fully saturated rings. The second-order valence-electron chi connectivity index (χ2n) is 9.44. The van der Waals surface area contributed by atoms with E-state index in [-0.39, 0.29) is 30.1 Å². The number of piperidine rings is 3. The summed E-state index contributed by atoms with van der Waals surface area (Å²) < 4.78 is 0. The summed E-state index contributed by atoms with van der Waals surface area (Å²) in [4.78, 5) is 53.0. The highest BCUT2D eigenvalue weighted by atomic mass is 16.2. The van der Waals surface area contributed by atoms with Crippen LogP contribution in [0.25, 0.3) is 0 Å². The normalized spacial score (nSPS) is 25.1. The molecular weight excluding hydrogens is 408 g/mol. The number of imide groups is 1. The van der Waals surface area contributed by atoms with E-state index >= 15 is 0 Å². The van der Waals surface area contributed by atoms with Gasteiger partial charge in [0, 0.05) is 37.5 Å². The van der Waals surface area contributed by atoms with Crippen LogP contribution in [0, 0.1) is 5.92 Å². The van der Waals surface area contributed by atoms with Crippen molar-refractivity contribution < 1.29 is 19.2 Å². The molecule has 5 rings (SSSR count). The molecule has 0 aromatic heterocycles. The molecule has 0 spiro atoms. The standard InChI is InChI=1S/C24H30N4O4/c29-21-4-3-20(22(30)26-21)28-14-18-13-17(1-2-19(18)24(28)32)15-7-11-27(12-8-15)23(31)16-5-9-25-10-6-16/h1-2,13,15-16,20,25H,3-12,14H2,(H,26,29,30). The number of benzene rings is 1. The van der Waals surface area contributed by atoms with Crippen molar-refractivity contribution in [2.24, 2.45) is 5.92 Å². The lowest BCUT2D eigenvalue weighted by Crippen LogP contribution is -2.52. The van der Waals surface area contributed by atoms with E-state index in [4.69, 9.17) is 0 Å². The van der Waals surface area contributed by atoms with Gasteiger partial charge >= 0.3 is 0 Å². The van der Waals surface area contributed by atoms with Gasteiger partial charge in [-0.3, -0.25) is 24.5 Å². The number of amides is 4. The summed E-state index contributed by atoms with van der Waals surface area (Å²) in [6.45, 7) is 3.83. The van der Waals surface area contributed by atoms with E-state index in [0.29, 0.717) is 30.4 Å². The number of hydrogen-bond acceptors (Lipinski definition) is 5. The van der Waals surface area contributed by atoms with E-state index in [1.807, 2.05) is 17.0 Å². The Morgan fingerprint density at radius 3 is 2.44 bits per heavy atom. The molecule has 32 heavy (non-hydrogen) atoms. The summed E-state index contributed by atoms with van der Waals surface area (Å²) in [7, 11) is 0. The Bertz CT molecular complexity index is 947. The zero-order valence-corrected chi connectivity index (χ0v) is 18.3. The van der Waals surface area contributed by atoms with Crippen molar-refractivity contribution in [3.63, 3.8) is 0 Å². The number of nitrogens with one attached hydrogen (secondary N) is 2. The highest BCUT2D eigenvalue weighted by Gasteiger charge is 2.39. The molecule has 8 nitrogen and oxygen atoms in total. The van der Waals surface area contributed by atoms with Crippen LogP contribution in [0.4, 0.5) is 0 Å². The monoisotopic (exact) mass is 438 g/mol. The van der Waals surface area contributed by atoms with E-state index in [9.17, 15) is 19.2 Å². The molecule has 1 unspecified atom stereocenters. The Balaban J connectivity index is 1.22. The van der Waals surface area contributed by atoms with Crippen LogP contribution in [0.2, 0.25) is 0 Å². The fourth-order valence-electron chi connectivity index (χ4n) is 5.61. The van der Waals surface area contributed by atoms with Crippen molar-refractivity contribution >= 4 is 23.6 Å². The first-order valence-corrected chi connectivity index (χ1v) is 11.8. The van der Waals surface area contributed by atoms with Crippen molar-refractivity contribution in [3.05, 3.63) is 34.9 Å². The van der Waals surface area contributed by atoms with Crippen LogP contribution in [0.3, 0.4) is 0 Å². The first-order valence-electron chi connectivity index (χ1n) is 11.8. The van der Waals surface area contributed by atoms with Gasteiger partial charge in [0.15, 0.2) is 0 Å². The molecule has 1 aromatic carbocycles. The summed E-state index contributed by atoms with van der Waals surface area (Å²) in [5.74, 6) is 0.0538. The predicted molar refractivity (Wildman–Crippen MR) is 117 cm³/mol. The van der Waals surface area contributed by atoms with E-state index in [0.717, 1.165) is 57.4 Å². The van der Waals surface area contributed by atoms with Crippen molar-refractivity contribution in [1.82, 2.24) is 20.4 Å². The molecule has 4 aliphatic heterocycles. The van der Waals surface area contributed by atoms with Crippen LogP contribution in [0.5, 0.6) is 0 Å². The Kier molecular flexibility index (Phi) is 5.71. The number of fused-ring (bicyclic) bond motifs is 1. The lowest BCUT2D eigenvalue weighted by molar-refractivity contribution is -0.138. The van der Waals surface area contributed by atoms with Gasteiger partial charge in [0.25, 0.3) is 5.91 Å². The maximum Gasteiger partial charge on any atom is 0.255 e. The van der Waals surface area contributed by atoms with Gasteiger partial charge in [0.05, 0.1) is 0 Å². The Labute approximate surface area is 187 Å². The van der Waals surface area contributed by atoms with Gasteiger partial charge in [-0.15, -0.1) is 0 Å². The van der Waals surface area contributed by atoms with Gasteiger partial charge in [-0.05, 0) is 68.3 Å². The third-order valence-electron chi connectivity index (χ3n) is 7.51. The molecule has 4 heterocycles. The lowest BCUT2D eigenvalue weighted by atomic mass is 9.87. The molecular formula is C24H30N4O4. The number of nitrogens with zero attached hydrogens (tertiary/aromatic N) is 2. The van der Waals surface area contributed by atoms with Gasteiger partial charge in [-0.25, -0.2) is 0 Å². The summed E-state index contributed by atoms with van der Waals surface area (Å²) in [6, 6.07) is 5.43. The summed E-state index contributed by atoms with van der Waals surface area (Å²) >= 11 is 0. The third kappa shape index (κ3) is 3.92. The number of carbonyl (C=O) groups is 4. The molecule has 170 valence electrons. The molecule has 2 N–H and O–H groups in total. The second kappa shape index (κ2) is 8.65. The smallest absolute Gasteiger partial charge is 0.255 e. The third-order valence-corrected chi connectivity index (χ3v) is 7.51. The topological polar surface area (TPSA) is 98.8 Å². The molecule has 0 radical (unpaired) electrons. The van der Waals surface area contributed by atoms with Crippen LogP contribution in [0.1, 0.15) is 65.9 Å². The SMILES string of the molecule is O=C1CCC(N2Cc3cc(C4CCN(C(=O)C5CCNCC5)CC4)ccc3C2=O)C(=O)N1. The molecule has 0 bridgehead atoms. The molecule has 0 aliphatic carbocycles. The van der Waals surface area contributed by atoms with Gasteiger partial charge in [0.2, 0.25) is 17.7 Å². The average Bonchev–Trinajstić information content (AvgIpc) is 3.15. The largest absolute Gasteiger partial charge is 0.342 e. The van der Waals surface area contributed by atoms with Crippen molar-refractivity contribution in [3.8, 4) is 0 Å². The molecule has 0 saturated carbocycles. The van der Waals surface area contributed by atoms with E-state index in [2.05, 4.69) is 16.7 Å². The van der Waals surface area contributed by atoms with Crippen LogP contribution < -0.4 is 10.6 Å². The van der Waals surface area contributed by atoms with Gasteiger partial charge in [-0.1, -0.05) is 12.1 Å². The lowest BCUT2D eigenvalue weighted by Gasteiger charge is -2.35. The summed E-state index contributed by atoms with van der Waals surface area (Å²) in [5, 5.41) is 5.66. The minimum Gasteiger partial charge on any atom is -0.342 e. The van der Waals surface area contributed by atoms with Crippen molar-refractivity contribution in [2.75, 3.05) is 26.2 Å². The summed E-state index contributed by atoms with van der Waals surface area (Å²) in [5.41, 5.74) is 2.80. The Morgan fingerprint density at radius 1 is 0.969 bits per heavy atom. The minimum absolute atomic E-state index is 0.136. The van der Waals surface area contributed by atoms with Gasteiger partial charge in [0.1, 0.15) is 6.04 Å². The number of hydrogen-bond donors (Lipinski definition) is 2. The van der Waals surface area contributed by atoms with Gasteiger partial charge in [-0.2, -0.15) is 0 Å². The van der Waals surface area contributed by atoms with Crippen LogP contribution in [-0.2, 0) is 20.9 Å². The molecule has 4 aliphatic rings. The molecule has 8 heteroatoms. The van der Waals surface area contributed by atoms with Crippen LogP contribution in [0.15, 0.2) is 18.2 Å². The Hall–Kier alpha value is -2.74. The van der Waals surface area contributed by atoms with Crippen LogP contribution >= 0.6 is 0 Å². The fourth-order valence-corrected chi connectivity index (χ4v) is 5.61. The molecule has 3 saturated heterocycles. The number of likely N-dealkylation sites (tertiary alicyclic amines) is 1. The quantitative estimate of drug-likeness (QED) is 0.690. The average molecular weight is 439 g/mol. The molecule has 1 aromatic rings. The van der Waals surface area contributed by atoms with Crippen molar-refractivity contribution in [1.29, 1.82) is 0 Å². The second-order valence-corrected chi connectivity index (χ2v) is 9.44. The first-order chi connectivity index (χ1) is 15.5. The van der Waals surface area contributed by atoms with Gasteiger partial charge < -0.3 is 15.1 Å². The maximum atomic E-state index is 12.9. The Morgan fingerprint density at radius 2 is 1.72 bits per heavy atom. The number of rotatable bonds is 3. The highest BCUT2D eigenvalue weighted by Crippen LogP contribution is 2.34.